The molecule has 0 saturated carbocycles. The lowest BCUT2D eigenvalue weighted by Crippen LogP contribution is -2.74. The highest BCUT2D eigenvalue weighted by Crippen LogP contribution is 2.33. The fourth-order valence-electron chi connectivity index (χ4n) is 2.61. The minimum atomic E-state index is -0.784. The second-order valence-corrected chi connectivity index (χ2v) is 5.08. The molecule has 18 heavy (non-hydrogen) atoms. The zero-order chi connectivity index (χ0) is 14.0. The SMILES string of the molecule is C=CCN1C(=O)C(C)(CC)NC(=O)C1(CC)CC. The Bertz CT molecular complexity index is 361. The van der Waals surface area contributed by atoms with E-state index in [2.05, 4.69) is 11.9 Å². The van der Waals surface area contributed by atoms with Crippen LogP contribution in [0.1, 0.15) is 47.0 Å². The molecule has 2 amide bonds. The third-order valence-corrected chi connectivity index (χ3v) is 4.23. The van der Waals surface area contributed by atoms with Gasteiger partial charge in [-0.1, -0.05) is 26.8 Å². The van der Waals surface area contributed by atoms with Crippen LogP contribution in [0, 0.1) is 0 Å². The van der Waals surface area contributed by atoms with Crippen molar-refractivity contribution in [3.05, 3.63) is 12.7 Å². The minimum absolute atomic E-state index is 0.00630. The number of hydrogen-bond donors (Lipinski definition) is 1. The lowest BCUT2D eigenvalue weighted by atomic mass is 9.81. The van der Waals surface area contributed by atoms with E-state index in [0.717, 1.165) is 0 Å². The molecule has 1 aliphatic heterocycles. The van der Waals surface area contributed by atoms with E-state index < -0.39 is 11.1 Å². The first-order chi connectivity index (χ1) is 8.41. The largest absolute Gasteiger partial charge is 0.340 e. The Morgan fingerprint density at radius 2 is 1.78 bits per heavy atom. The summed E-state index contributed by atoms with van der Waals surface area (Å²) in [5.74, 6) is -0.0495. The molecule has 1 N–H and O–H groups in total. The summed E-state index contributed by atoms with van der Waals surface area (Å²) in [6.45, 7) is 11.7. The third kappa shape index (κ3) is 1.93. The van der Waals surface area contributed by atoms with Gasteiger partial charge in [0, 0.05) is 6.54 Å². The molecule has 0 spiro atoms. The molecule has 4 nitrogen and oxygen atoms in total. The maximum Gasteiger partial charge on any atom is 0.249 e. The Hall–Kier alpha value is -1.32. The molecule has 1 atom stereocenters. The van der Waals surface area contributed by atoms with E-state index in [9.17, 15) is 9.59 Å². The van der Waals surface area contributed by atoms with Gasteiger partial charge in [0.1, 0.15) is 11.1 Å². The van der Waals surface area contributed by atoms with Gasteiger partial charge in [-0.25, -0.2) is 0 Å². The smallest absolute Gasteiger partial charge is 0.249 e. The van der Waals surface area contributed by atoms with Gasteiger partial charge in [0.15, 0.2) is 0 Å². The van der Waals surface area contributed by atoms with Crippen LogP contribution in [0.15, 0.2) is 12.7 Å². The maximum atomic E-state index is 12.6. The summed E-state index contributed by atoms with van der Waals surface area (Å²) in [5.41, 5.74) is -1.51. The van der Waals surface area contributed by atoms with Crippen molar-refractivity contribution in [1.29, 1.82) is 0 Å². The number of carbonyl (C=O) groups excluding carboxylic acids is 2. The van der Waals surface area contributed by atoms with Crippen LogP contribution in [0.2, 0.25) is 0 Å². The van der Waals surface area contributed by atoms with Gasteiger partial charge < -0.3 is 10.2 Å². The number of carbonyl (C=O) groups is 2. The summed E-state index contributed by atoms with van der Waals surface area (Å²) >= 11 is 0. The monoisotopic (exact) mass is 252 g/mol. The molecular weight excluding hydrogens is 228 g/mol. The lowest BCUT2D eigenvalue weighted by Gasteiger charge is -2.51. The van der Waals surface area contributed by atoms with Crippen LogP contribution in [0.5, 0.6) is 0 Å². The van der Waals surface area contributed by atoms with Crippen molar-refractivity contribution in [3.8, 4) is 0 Å². The fraction of sp³-hybridized carbons (Fsp3) is 0.714. The van der Waals surface area contributed by atoms with Crippen molar-refractivity contribution in [3.63, 3.8) is 0 Å². The molecule has 1 unspecified atom stereocenters. The van der Waals surface area contributed by atoms with E-state index in [-0.39, 0.29) is 11.8 Å². The molecule has 0 aromatic carbocycles. The normalized spacial score (nSPS) is 27.0. The number of rotatable bonds is 5. The zero-order valence-corrected chi connectivity index (χ0v) is 11.9. The van der Waals surface area contributed by atoms with Gasteiger partial charge in [-0.3, -0.25) is 9.59 Å². The van der Waals surface area contributed by atoms with Crippen molar-refractivity contribution in [2.45, 2.75) is 58.0 Å². The van der Waals surface area contributed by atoms with Crippen LogP contribution in [0.4, 0.5) is 0 Å². The Balaban J connectivity index is 3.26. The topological polar surface area (TPSA) is 49.4 Å². The third-order valence-electron chi connectivity index (χ3n) is 4.23. The van der Waals surface area contributed by atoms with Gasteiger partial charge in [-0.05, 0) is 26.2 Å². The second-order valence-electron chi connectivity index (χ2n) is 5.08. The summed E-state index contributed by atoms with van der Waals surface area (Å²) < 4.78 is 0. The molecule has 0 aliphatic carbocycles. The lowest BCUT2D eigenvalue weighted by molar-refractivity contribution is -0.162. The summed E-state index contributed by atoms with van der Waals surface area (Å²) in [6, 6.07) is 0. The molecule has 0 aromatic heterocycles. The second kappa shape index (κ2) is 5.12. The van der Waals surface area contributed by atoms with Crippen molar-refractivity contribution in [2.24, 2.45) is 0 Å². The van der Waals surface area contributed by atoms with Crippen molar-refractivity contribution in [2.75, 3.05) is 6.54 Å². The van der Waals surface area contributed by atoms with E-state index in [1.165, 1.54) is 0 Å². The molecule has 1 rings (SSSR count). The first-order valence-electron chi connectivity index (χ1n) is 6.67. The van der Waals surface area contributed by atoms with E-state index >= 15 is 0 Å². The Labute approximate surface area is 109 Å². The molecule has 0 bridgehead atoms. The van der Waals surface area contributed by atoms with Gasteiger partial charge >= 0.3 is 0 Å². The average Bonchev–Trinajstić information content (AvgIpc) is 2.37. The number of piperazine rings is 1. The molecular formula is C14H24N2O2. The van der Waals surface area contributed by atoms with Crippen LogP contribution in [-0.2, 0) is 9.59 Å². The predicted molar refractivity (Wildman–Crippen MR) is 72.1 cm³/mol. The Morgan fingerprint density at radius 1 is 1.22 bits per heavy atom. The van der Waals surface area contributed by atoms with Crippen LogP contribution in [-0.4, -0.2) is 34.3 Å². The Kier molecular flexibility index (Phi) is 4.20. The highest BCUT2D eigenvalue weighted by atomic mass is 16.2. The van der Waals surface area contributed by atoms with Crippen LogP contribution >= 0.6 is 0 Å². The molecule has 0 radical (unpaired) electrons. The molecule has 1 fully saturated rings. The summed E-state index contributed by atoms with van der Waals surface area (Å²) in [6.07, 6.45) is 3.52. The highest BCUT2D eigenvalue weighted by molar-refractivity contribution is 6.02. The quantitative estimate of drug-likeness (QED) is 0.759. The predicted octanol–water partition coefficient (Wildman–Crippen LogP) is 1.86. The van der Waals surface area contributed by atoms with E-state index in [1.807, 2.05) is 20.8 Å². The number of nitrogens with one attached hydrogen (secondary N) is 1. The van der Waals surface area contributed by atoms with Crippen molar-refractivity contribution in [1.82, 2.24) is 10.2 Å². The van der Waals surface area contributed by atoms with Gasteiger partial charge in [0.25, 0.3) is 0 Å². The summed E-state index contributed by atoms with van der Waals surface area (Å²) in [7, 11) is 0. The van der Waals surface area contributed by atoms with Crippen LogP contribution < -0.4 is 5.32 Å². The van der Waals surface area contributed by atoms with Gasteiger partial charge in [-0.15, -0.1) is 6.58 Å². The van der Waals surface area contributed by atoms with Crippen LogP contribution in [0.25, 0.3) is 0 Å². The zero-order valence-electron chi connectivity index (χ0n) is 11.9. The van der Waals surface area contributed by atoms with Gasteiger partial charge in [-0.2, -0.15) is 0 Å². The molecule has 4 heteroatoms. The van der Waals surface area contributed by atoms with E-state index in [0.29, 0.717) is 25.8 Å². The standard InChI is InChI=1S/C14H24N2O2/c1-6-10-16-12(18)13(5,7-2)15-11(17)14(16,8-3)9-4/h6H,1,7-10H2,2-5H3,(H,15,17). The Morgan fingerprint density at radius 3 is 2.17 bits per heavy atom. The summed E-state index contributed by atoms with van der Waals surface area (Å²) in [5, 5.41) is 2.91. The number of amides is 2. The van der Waals surface area contributed by atoms with Gasteiger partial charge in [0.05, 0.1) is 0 Å². The highest BCUT2D eigenvalue weighted by Gasteiger charge is 2.53. The van der Waals surface area contributed by atoms with E-state index in [1.54, 1.807) is 17.9 Å². The molecule has 1 saturated heterocycles. The van der Waals surface area contributed by atoms with Gasteiger partial charge in [0.2, 0.25) is 11.8 Å². The van der Waals surface area contributed by atoms with Crippen LogP contribution in [0.3, 0.4) is 0 Å². The fourth-order valence-corrected chi connectivity index (χ4v) is 2.61. The molecule has 102 valence electrons. The first-order valence-corrected chi connectivity index (χ1v) is 6.67. The first kappa shape index (κ1) is 14.7. The molecule has 0 aromatic rings. The molecule has 1 heterocycles. The maximum absolute atomic E-state index is 12.6. The van der Waals surface area contributed by atoms with Crippen molar-refractivity contribution < 1.29 is 9.59 Å². The van der Waals surface area contributed by atoms with Crippen molar-refractivity contribution >= 4 is 11.8 Å². The number of hydrogen-bond acceptors (Lipinski definition) is 2. The summed E-state index contributed by atoms with van der Waals surface area (Å²) in [4.78, 5) is 26.8. The number of nitrogens with zero attached hydrogens (tertiary/aromatic N) is 1. The van der Waals surface area contributed by atoms with E-state index in [4.69, 9.17) is 0 Å². The average molecular weight is 252 g/mol. The minimum Gasteiger partial charge on any atom is -0.340 e. The molecule has 1 aliphatic rings.